The molecular weight excluding hydrogens is 237 g/mol. The third kappa shape index (κ3) is 1.37. The van der Waals surface area contributed by atoms with Gasteiger partial charge < -0.3 is 9.84 Å². The molecule has 102 valence electrons. The van der Waals surface area contributed by atoms with E-state index in [-0.39, 0.29) is 18.6 Å². The van der Waals surface area contributed by atoms with Gasteiger partial charge in [0.25, 0.3) is 0 Å². The number of aliphatic hydroxyl groups excluding tert-OH is 1. The van der Waals surface area contributed by atoms with Gasteiger partial charge in [-0.25, -0.2) is 9.18 Å². The van der Waals surface area contributed by atoms with Crippen LogP contribution in [0.3, 0.4) is 0 Å². The van der Waals surface area contributed by atoms with Crippen LogP contribution in [-0.2, 0) is 4.74 Å². The number of amides is 1. The molecule has 1 aliphatic heterocycles. The van der Waals surface area contributed by atoms with Crippen LogP contribution in [0.4, 0.5) is 9.18 Å². The zero-order valence-electron chi connectivity index (χ0n) is 11.1. The van der Waals surface area contributed by atoms with Crippen LogP contribution >= 0.6 is 0 Å². The monoisotopic (exact) mass is 257 g/mol. The summed E-state index contributed by atoms with van der Waals surface area (Å²) in [6.07, 6.45) is 1.08. The molecule has 1 unspecified atom stereocenters. The lowest BCUT2D eigenvalue weighted by Crippen LogP contribution is -2.52. The molecular formula is C13H20FNO3. The average Bonchev–Trinajstić information content (AvgIpc) is 2.54. The van der Waals surface area contributed by atoms with E-state index in [1.807, 2.05) is 0 Å². The van der Waals surface area contributed by atoms with Crippen molar-refractivity contribution in [3.8, 4) is 0 Å². The second-order valence-electron chi connectivity index (χ2n) is 6.94. The second kappa shape index (κ2) is 3.18. The van der Waals surface area contributed by atoms with Gasteiger partial charge in [0, 0.05) is 6.42 Å². The van der Waals surface area contributed by atoms with Crippen LogP contribution in [-0.4, -0.2) is 45.6 Å². The predicted molar refractivity (Wildman–Crippen MR) is 62.9 cm³/mol. The Morgan fingerprint density at radius 3 is 2.72 bits per heavy atom. The number of carbonyl (C=O) groups excluding carboxylic acids is 1. The summed E-state index contributed by atoms with van der Waals surface area (Å²) >= 11 is 0. The molecule has 4 nitrogen and oxygen atoms in total. The van der Waals surface area contributed by atoms with Gasteiger partial charge >= 0.3 is 6.09 Å². The average molecular weight is 257 g/mol. The molecule has 1 amide bonds. The molecule has 18 heavy (non-hydrogen) atoms. The van der Waals surface area contributed by atoms with Crippen LogP contribution in [0.25, 0.3) is 0 Å². The fourth-order valence-corrected chi connectivity index (χ4v) is 3.91. The van der Waals surface area contributed by atoms with Crippen LogP contribution in [0, 0.1) is 5.92 Å². The van der Waals surface area contributed by atoms with Crippen molar-refractivity contribution in [1.82, 2.24) is 4.90 Å². The van der Waals surface area contributed by atoms with Crippen molar-refractivity contribution < 1.29 is 19.0 Å². The van der Waals surface area contributed by atoms with E-state index in [0.717, 1.165) is 0 Å². The smallest absolute Gasteiger partial charge is 0.411 e. The number of rotatable bonds is 1. The molecule has 0 aromatic carbocycles. The lowest BCUT2D eigenvalue weighted by atomic mass is 9.97. The number of hydrogen-bond acceptors (Lipinski definition) is 3. The van der Waals surface area contributed by atoms with Gasteiger partial charge in [0.2, 0.25) is 0 Å². The van der Waals surface area contributed by atoms with E-state index >= 15 is 0 Å². The summed E-state index contributed by atoms with van der Waals surface area (Å²) in [4.78, 5) is 13.7. The summed E-state index contributed by atoms with van der Waals surface area (Å²) in [6, 6.07) is -0.272. The third-order valence-corrected chi connectivity index (χ3v) is 4.58. The third-order valence-electron chi connectivity index (χ3n) is 4.58. The van der Waals surface area contributed by atoms with E-state index in [1.165, 1.54) is 4.90 Å². The van der Waals surface area contributed by atoms with Gasteiger partial charge in [-0.1, -0.05) is 0 Å². The van der Waals surface area contributed by atoms with Crippen LogP contribution in [0.5, 0.6) is 0 Å². The highest BCUT2D eigenvalue weighted by atomic mass is 19.1. The normalized spacial score (nSPS) is 45.1. The molecule has 1 spiro atoms. The van der Waals surface area contributed by atoms with Crippen molar-refractivity contribution in [2.75, 3.05) is 6.61 Å². The Labute approximate surface area is 106 Å². The molecule has 3 rings (SSSR count). The quantitative estimate of drug-likeness (QED) is 0.780. The Morgan fingerprint density at radius 2 is 2.17 bits per heavy atom. The molecule has 3 aliphatic rings. The molecule has 4 atom stereocenters. The molecule has 0 radical (unpaired) electrons. The van der Waals surface area contributed by atoms with Gasteiger partial charge in [0.1, 0.15) is 11.3 Å². The molecule has 3 fully saturated rings. The molecule has 1 heterocycles. The number of nitrogens with zero attached hydrogens (tertiary/aromatic N) is 1. The first-order chi connectivity index (χ1) is 8.22. The Morgan fingerprint density at radius 1 is 1.50 bits per heavy atom. The minimum Gasteiger partial charge on any atom is -0.444 e. The Kier molecular flexibility index (Phi) is 2.16. The standard InChI is InChI=1S/C13H20FNO3/c1-11(2,3)18-10(17)15-9(6-16)8-4-12(14)7-13(12,15)5-8/h8-9,16H,4-7H2,1-3H3/t8-,9-,12+,13?/m1/s1. The SMILES string of the molecule is CC(C)(C)OC(=O)N1[C@H](CO)[C@H]2CC13C[C@@]3(F)C2. The van der Waals surface area contributed by atoms with E-state index in [2.05, 4.69) is 0 Å². The zero-order valence-corrected chi connectivity index (χ0v) is 11.1. The molecule has 2 aliphatic carbocycles. The largest absolute Gasteiger partial charge is 0.444 e. The Balaban J connectivity index is 1.85. The van der Waals surface area contributed by atoms with Gasteiger partial charge in [-0.2, -0.15) is 0 Å². The molecule has 2 bridgehead atoms. The number of carbonyl (C=O) groups is 1. The predicted octanol–water partition coefficient (Wildman–Crippen LogP) is 1.86. The van der Waals surface area contributed by atoms with Crippen LogP contribution in [0.1, 0.15) is 40.0 Å². The summed E-state index contributed by atoms with van der Waals surface area (Å²) in [5.74, 6) is 0.0845. The lowest BCUT2D eigenvalue weighted by molar-refractivity contribution is -0.0138. The van der Waals surface area contributed by atoms with Crippen molar-refractivity contribution in [2.45, 2.75) is 62.9 Å². The number of hydrogen-bond donors (Lipinski definition) is 1. The van der Waals surface area contributed by atoms with Crippen molar-refractivity contribution in [1.29, 1.82) is 0 Å². The van der Waals surface area contributed by atoms with Crippen molar-refractivity contribution in [3.63, 3.8) is 0 Å². The number of ether oxygens (including phenoxy) is 1. The van der Waals surface area contributed by atoms with Crippen LogP contribution in [0.15, 0.2) is 0 Å². The number of aliphatic hydroxyl groups is 1. The number of alkyl halides is 1. The number of fused-ring (bicyclic) bond motifs is 1. The molecule has 2 saturated carbocycles. The number of likely N-dealkylation sites (tertiary alicyclic amines) is 1. The van der Waals surface area contributed by atoms with E-state index in [0.29, 0.717) is 19.3 Å². The zero-order chi connectivity index (χ0) is 13.3. The minimum absolute atomic E-state index is 0.0845. The fourth-order valence-electron chi connectivity index (χ4n) is 3.91. The molecule has 0 aromatic heterocycles. The first-order valence-corrected chi connectivity index (χ1v) is 6.55. The highest BCUT2D eigenvalue weighted by Gasteiger charge is 2.83. The first-order valence-electron chi connectivity index (χ1n) is 6.55. The van der Waals surface area contributed by atoms with Crippen LogP contribution in [0.2, 0.25) is 0 Å². The number of piperidine rings is 1. The summed E-state index contributed by atoms with van der Waals surface area (Å²) in [5.41, 5.74) is -2.49. The summed E-state index contributed by atoms with van der Waals surface area (Å²) < 4.78 is 19.7. The van der Waals surface area contributed by atoms with E-state index in [9.17, 15) is 14.3 Å². The molecule has 1 N–H and O–H groups in total. The minimum atomic E-state index is -1.22. The molecule has 0 aromatic rings. The maximum atomic E-state index is 14.4. The van der Waals surface area contributed by atoms with E-state index in [1.54, 1.807) is 20.8 Å². The van der Waals surface area contributed by atoms with E-state index < -0.39 is 22.9 Å². The maximum Gasteiger partial charge on any atom is 0.411 e. The number of halogens is 1. The summed E-state index contributed by atoms with van der Waals surface area (Å²) in [5, 5.41) is 9.45. The van der Waals surface area contributed by atoms with E-state index in [4.69, 9.17) is 4.74 Å². The van der Waals surface area contributed by atoms with Crippen molar-refractivity contribution in [2.24, 2.45) is 5.92 Å². The van der Waals surface area contributed by atoms with Gasteiger partial charge in [0.05, 0.1) is 18.2 Å². The first kappa shape index (κ1) is 12.2. The van der Waals surface area contributed by atoms with Gasteiger partial charge in [-0.15, -0.1) is 0 Å². The highest BCUT2D eigenvalue weighted by Crippen LogP contribution is 2.72. The van der Waals surface area contributed by atoms with Crippen molar-refractivity contribution >= 4 is 6.09 Å². The Bertz CT molecular complexity index is 408. The Hall–Kier alpha value is -0.840. The maximum absolute atomic E-state index is 14.4. The van der Waals surface area contributed by atoms with Gasteiger partial charge in [-0.05, 0) is 39.5 Å². The molecule has 5 heteroatoms. The second-order valence-corrected chi connectivity index (χ2v) is 6.94. The topological polar surface area (TPSA) is 49.8 Å². The lowest BCUT2D eigenvalue weighted by Gasteiger charge is -2.36. The molecule has 1 saturated heterocycles. The van der Waals surface area contributed by atoms with Crippen LogP contribution < -0.4 is 0 Å². The van der Waals surface area contributed by atoms with Gasteiger partial charge in [0.15, 0.2) is 0 Å². The summed E-state index contributed by atoms with van der Waals surface area (Å²) in [6.45, 7) is 5.27. The summed E-state index contributed by atoms with van der Waals surface area (Å²) in [7, 11) is 0. The fraction of sp³-hybridized carbons (Fsp3) is 0.923. The van der Waals surface area contributed by atoms with Crippen molar-refractivity contribution in [3.05, 3.63) is 0 Å². The highest BCUT2D eigenvalue weighted by molar-refractivity contribution is 5.73. The van der Waals surface area contributed by atoms with Gasteiger partial charge in [-0.3, -0.25) is 4.90 Å².